The molecular weight excluding hydrogens is 495 g/mol. The molecule has 0 aliphatic rings. The van der Waals surface area contributed by atoms with Gasteiger partial charge in [-0.15, -0.1) is 0 Å². The van der Waals surface area contributed by atoms with Gasteiger partial charge in [-0.3, -0.25) is 5.32 Å². The van der Waals surface area contributed by atoms with E-state index in [1.807, 2.05) is 24.3 Å². The normalized spacial score (nSPS) is 12.3. The maximum atomic E-state index is 13.1. The summed E-state index contributed by atoms with van der Waals surface area (Å²) in [6.07, 6.45) is -0.264. The minimum atomic E-state index is -3.73. The molecule has 0 spiro atoms. The van der Waals surface area contributed by atoms with E-state index >= 15 is 0 Å². The van der Waals surface area contributed by atoms with E-state index in [9.17, 15) is 28.1 Å². The van der Waals surface area contributed by atoms with Gasteiger partial charge in [0.05, 0.1) is 16.4 Å². The maximum absolute atomic E-state index is 13.1. The molecule has 1 unspecified atom stereocenters. The first-order valence-electron chi connectivity index (χ1n) is 11.6. The topological polar surface area (TPSA) is 119 Å². The Kier molecular flexibility index (Phi) is 8.20. The lowest BCUT2D eigenvalue weighted by atomic mass is 10.1. The number of nitrogens with one attached hydrogen (secondary N) is 2. The Morgan fingerprint density at radius 3 is 1.97 bits per heavy atom. The highest BCUT2D eigenvalue weighted by Crippen LogP contribution is 2.25. The molecule has 0 saturated carbocycles. The van der Waals surface area contributed by atoms with Crippen LogP contribution in [0.25, 0.3) is 0 Å². The van der Waals surface area contributed by atoms with Crippen molar-refractivity contribution < 1.29 is 28.1 Å². The van der Waals surface area contributed by atoms with Gasteiger partial charge in [-0.1, -0.05) is 18.2 Å². The molecule has 0 heterocycles. The molecule has 4 aromatic rings. The Hall–Kier alpha value is -3.76. The monoisotopic (exact) mass is 522 g/mol. The molecule has 0 aromatic heterocycles. The molecule has 7 nitrogen and oxygen atoms in total. The Balaban J connectivity index is 1.31. The minimum Gasteiger partial charge on any atom is -0.508 e. The number of aliphatic hydroxyl groups is 2. The Morgan fingerprint density at radius 2 is 1.38 bits per heavy atom. The summed E-state index contributed by atoms with van der Waals surface area (Å²) in [7, 11) is -3.73. The van der Waals surface area contributed by atoms with Crippen molar-refractivity contribution in [1.82, 2.24) is 5.32 Å². The van der Waals surface area contributed by atoms with Crippen LogP contribution in [0.1, 0.15) is 22.9 Å². The second-order valence-corrected chi connectivity index (χ2v) is 10.4. The number of benzene rings is 4. The first-order valence-corrected chi connectivity index (χ1v) is 13.1. The predicted octanol–water partition coefficient (Wildman–Crippen LogP) is 4.42. The van der Waals surface area contributed by atoms with Gasteiger partial charge in [0.1, 0.15) is 17.8 Å². The average molecular weight is 523 g/mol. The van der Waals surface area contributed by atoms with Crippen LogP contribution in [0.5, 0.6) is 5.75 Å². The summed E-state index contributed by atoms with van der Waals surface area (Å²) in [4.78, 5) is 0.153. The molecule has 192 valence electrons. The molecule has 0 aliphatic carbocycles. The van der Waals surface area contributed by atoms with Gasteiger partial charge in [0.15, 0.2) is 0 Å². The van der Waals surface area contributed by atoms with E-state index < -0.39 is 21.9 Å². The zero-order valence-electron chi connectivity index (χ0n) is 19.8. The van der Waals surface area contributed by atoms with Gasteiger partial charge >= 0.3 is 0 Å². The van der Waals surface area contributed by atoms with E-state index in [-0.39, 0.29) is 22.1 Å². The summed E-state index contributed by atoms with van der Waals surface area (Å²) in [5.74, 6) is -0.511. The van der Waals surface area contributed by atoms with Crippen LogP contribution in [0.3, 0.4) is 0 Å². The summed E-state index contributed by atoms with van der Waals surface area (Å²) in [5, 5.41) is 35.5. The molecule has 9 heteroatoms. The highest BCUT2D eigenvalue weighted by atomic mass is 32.2. The number of halogens is 1. The first-order chi connectivity index (χ1) is 17.8. The molecule has 37 heavy (non-hydrogen) atoms. The Labute approximate surface area is 214 Å². The number of rotatable bonds is 10. The van der Waals surface area contributed by atoms with E-state index in [1.165, 1.54) is 30.3 Å². The molecule has 4 rings (SSSR count). The number of aromatic hydroxyl groups is 1. The zero-order chi connectivity index (χ0) is 26.4. The number of phenols is 1. The first kappa shape index (κ1) is 26.3. The number of aliphatic hydroxyl groups excluding tert-OH is 2. The van der Waals surface area contributed by atoms with Gasteiger partial charge in [0, 0.05) is 23.5 Å². The maximum Gasteiger partial charge on any atom is 0.206 e. The second-order valence-electron chi connectivity index (χ2n) is 8.46. The van der Waals surface area contributed by atoms with Gasteiger partial charge in [-0.2, -0.15) is 0 Å². The number of hydrogen-bond donors (Lipinski definition) is 5. The highest BCUT2D eigenvalue weighted by molar-refractivity contribution is 7.91. The van der Waals surface area contributed by atoms with Crippen molar-refractivity contribution >= 4 is 21.2 Å². The van der Waals surface area contributed by atoms with Gasteiger partial charge < -0.3 is 20.6 Å². The number of anilines is 2. The molecule has 0 radical (unpaired) electrons. The van der Waals surface area contributed by atoms with Crippen LogP contribution in [0.2, 0.25) is 0 Å². The van der Waals surface area contributed by atoms with Crippen molar-refractivity contribution in [2.75, 3.05) is 11.9 Å². The van der Waals surface area contributed by atoms with Crippen LogP contribution >= 0.6 is 0 Å². The third-order valence-corrected chi connectivity index (χ3v) is 7.66. The summed E-state index contributed by atoms with van der Waals surface area (Å²) < 4.78 is 38.6. The summed E-state index contributed by atoms with van der Waals surface area (Å²) in [6.45, 7) is 0.194. The number of sulfone groups is 1. The molecule has 0 fully saturated rings. The summed E-state index contributed by atoms with van der Waals surface area (Å²) in [5.41, 5.74) is 3.49. The van der Waals surface area contributed by atoms with Crippen LogP contribution in [0.15, 0.2) is 101 Å². The van der Waals surface area contributed by atoms with Crippen LogP contribution in [-0.4, -0.2) is 30.3 Å². The van der Waals surface area contributed by atoms with Gasteiger partial charge in [0.25, 0.3) is 0 Å². The Bertz CT molecular complexity index is 1440. The Morgan fingerprint density at radius 1 is 0.811 bits per heavy atom. The van der Waals surface area contributed by atoms with Gasteiger partial charge in [-0.05, 0) is 90.3 Å². The molecule has 4 aromatic carbocycles. The molecule has 0 amide bonds. The van der Waals surface area contributed by atoms with Crippen molar-refractivity contribution in [1.29, 1.82) is 0 Å². The van der Waals surface area contributed by atoms with E-state index in [2.05, 4.69) is 10.6 Å². The third kappa shape index (κ3) is 6.52. The van der Waals surface area contributed by atoms with E-state index in [0.29, 0.717) is 29.8 Å². The van der Waals surface area contributed by atoms with Gasteiger partial charge in [-0.25, -0.2) is 12.8 Å². The molecule has 0 aliphatic heterocycles. The highest BCUT2D eigenvalue weighted by Gasteiger charge is 2.17. The van der Waals surface area contributed by atoms with Crippen molar-refractivity contribution in [3.05, 3.63) is 114 Å². The zero-order valence-corrected chi connectivity index (χ0v) is 20.6. The number of hydrogen-bond acceptors (Lipinski definition) is 7. The van der Waals surface area contributed by atoms with Gasteiger partial charge in [0.2, 0.25) is 9.84 Å². The summed E-state index contributed by atoms with van der Waals surface area (Å²) >= 11 is 0. The van der Waals surface area contributed by atoms with Crippen LogP contribution in [0.4, 0.5) is 15.8 Å². The quantitative estimate of drug-likeness (QED) is 0.155. The lowest BCUT2D eigenvalue weighted by Gasteiger charge is -2.15. The SMILES string of the molecule is O=S(=O)(c1ccc(F)cc1)c1ccc(Nc2ccc(CCNC(O)c3ccc(O)c(CO)c3)cc2)cc1. The smallest absolute Gasteiger partial charge is 0.206 e. The molecule has 1 atom stereocenters. The lowest BCUT2D eigenvalue weighted by molar-refractivity contribution is 0.139. The predicted molar refractivity (Wildman–Crippen MR) is 139 cm³/mol. The molecular formula is C28H27FN2O5S. The lowest BCUT2D eigenvalue weighted by Crippen LogP contribution is -2.23. The summed E-state index contributed by atoms with van der Waals surface area (Å²) in [6, 6.07) is 23.4. The van der Waals surface area contributed by atoms with Crippen LogP contribution in [0, 0.1) is 5.82 Å². The van der Waals surface area contributed by atoms with Crippen molar-refractivity contribution in [2.24, 2.45) is 0 Å². The minimum absolute atomic E-state index is 0.0156. The van der Waals surface area contributed by atoms with Crippen molar-refractivity contribution in [3.63, 3.8) is 0 Å². The largest absolute Gasteiger partial charge is 0.508 e. The average Bonchev–Trinajstić information content (AvgIpc) is 2.90. The molecule has 0 bridgehead atoms. The van der Waals surface area contributed by atoms with E-state index in [1.54, 1.807) is 24.3 Å². The van der Waals surface area contributed by atoms with Crippen LogP contribution in [-0.2, 0) is 22.9 Å². The third-order valence-electron chi connectivity index (χ3n) is 5.87. The fourth-order valence-corrected chi connectivity index (χ4v) is 5.02. The van der Waals surface area contributed by atoms with E-state index in [0.717, 1.165) is 23.4 Å². The molecule has 5 N–H and O–H groups in total. The van der Waals surface area contributed by atoms with Crippen LogP contribution < -0.4 is 10.6 Å². The fourth-order valence-electron chi connectivity index (χ4n) is 3.76. The second kappa shape index (κ2) is 11.5. The van der Waals surface area contributed by atoms with Crippen molar-refractivity contribution in [2.45, 2.75) is 29.0 Å². The molecule has 0 saturated heterocycles. The fraction of sp³-hybridized carbons (Fsp3) is 0.143. The van der Waals surface area contributed by atoms with E-state index in [4.69, 9.17) is 0 Å². The van der Waals surface area contributed by atoms with Crippen molar-refractivity contribution in [3.8, 4) is 5.75 Å². The standard InChI is InChI=1S/C28H27FN2O5S/c29-22-4-10-25(11-5-22)37(35,36)26-12-8-24(9-13-26)31-23-6-1-19(2-7-23)15-16-30-28(34)20-3-14-27(33)21(17-20)18-32/h1-14,17,28,30-34H,15-16,18H2.